The molecule has 4 nitrogen and oxygen atoms in total. The number of rotatable bonds is 6. The van der Waals surface area contributed by atoms with Gasteiger partial charge in [0.25, 0.3) is 0 Å². The number of nitrogens with one attached hydrogen (secondary N) is 1. The van der Waals surface area contributed by atoms with Gasteiger partial charge >= 0.3 is 5.97 Å². The first-order valence-corrected chi connectivity index (χ1v) is 6.43. The van der Waals surface area contributed by atoms with Crippen LogP contribution in [0, 0.1) is 5.92 Å². The van der Waals surface area contributed by atoms with Crippen molar-refractivity contribution in [2.24, 2.45) is 5.92 Å². The molecule has 1 N–H and O–H groups in total. The molecule has 4 heteroatoms. The molecular weight excluding hydrogens is 230 g/mol. The van der Waals surface area contributed by atoms with E-state index in [2.05, 4.69) is 30.8 Å². The fraction of sp³-hybridized carbons (Fsp3) is 0.643. The molecule has 0 aliphatic rings. The van der Waals surface area contributed by atoms with Crippen LogP contribution in [0.25, 0.3) is 0 Å². The Morgan fingerprint density at radius 1 is 1.39 bits per heavy atom. The van der Waals surface area contributed by atoms with Crippen LogP contribution in [0.4, 0.5) is 0 Å². The summed E-state index contributed by atoms with van der Waals surface area (Å²) >= 11 is 0. The molecule has 0 radical (unpaired) electrons. The monoisotopic (exact) mass is 253 g/mol. The minimum absolute atomic E-state index is 0.0794. The third-order valence-electron chi connectivity index (χ3n) is 3.15. The van der Waals surface area contributed by atoms with E-state index < -0.39 is 5.97 Å². The Balaban J connectivity index is 2.69. The summed E-state index contributed by atoms with van der Waals surface area (Å²) in [7, 11) is 1.35. The fourth-order valence-corrected chi connectivity index (χ4v) is 1.98. The van der Waals surface area contributed by atoms with Crippen molar-refractivity contribution in [3.8, 4) is 0 Å². The van der Waals surface area contributed by atoms with E-state index in [0.29, 0.717) is 12.0 Å². The molecule has 18 heavy (non-hydrogen) atoms. The van der Waals surface area contributed by atoms with Crippen molar-refractivity contribution in [3.05, 3.63) is 23.7 Å². The molecule has 0 saturated heterocycles. The van der Waals surface area contributed by atoms with Gasteiger partial charge in [-0.2, -0.15) is 0 Å². The van der Waals surface area contributed by atoms with Crippen LogP contribution in [0.3, 0.4) is 0 Å². The average molecular weight is 253 g/mol. The lowest BCUT2D eigenvalue weighted by Gasteiger charge is -2.24. The van der Waals surface area contributed by atoms with E-state index in [1.54, 1.807) is 6.07 Å². The summed E-state index contributed by atoms with van der Waals surface area (Å²) in [5, 5.41) is 3.51. The van der Waals surface area contributed by atoms with Crippen LogP contribution in [0.2, 0.25) is 0 Å². The molecule has 102 valence electrons. The quantitative estimate of drug-likeness (QED) is 0.791. The molecule has 0 spiro atoms. The standard InChI is InChI=1S/C14H23NO3/c1-6-11(9(2)3)15-10(4)12-7-8-13(18-12)14(16)17-5/h7-11,15H,6H2,1-5H3. The molecule has 1 aromatic heterocycles. The summed E-state index contributed by atoms with van der Waals surface area (Å²) in [4.78, 5) is 11.3. The lowest BCUT2D eigenvalue weighted by atomic mass is 10.0. The number of esters is 1. The molecule has 0 aliphatic heterocycles. The van der Waals surface area contributed by atoms with Crippen molar-refractivity contribution < 1.29 is 13.9 Å². The van der Waals surface area contributed by atoms with E-state index in [1.165, 1.54) is 7.11 Å². The van der Waals surface area contributed by atoms with Gasteiger partial charge in [0.05, 0.1) is 13.2 Å². The molecule has 1 aromatic rings. The number of carbonyl (C=O) groups is 1. The highest BCUT2D eigenvalue weighted by atomic mass is 16.5. The van der Waals surface area contributed by atoms with Crippen LogP contribution < -0.4 is 5.32 Å². The fourth-order valence-electron chi connectivity index (χ4n) is 1.98. The first-order chi connectivity index (χ1) is 8.49. The Hall–Kier alpha value is -1.29. The maximum atomic E-state index is 11.3. The third-order valence-corrected chi connectivity index (χ3v) is 3.15. The van der Waals surface area contributed by atoms with Crippen LogP contribution in [0.15, 0.2) is 16.5 Å². The smallest absolute Gasteiger partial charge is 0.373 e. The van der Waals surface area contributed by atoms with Gasteiger partial charge in [-0.25, -0.2) is 4.79 Å². The molecule has 0 fully saturated rings. The van der Waals surface area contributed by atoms with Crippen molar-refractivity contribution in [1.29, 1.82) is 0 Å². The first kappa shape index (κ1) is 14.8. The summed E-state index contributed by atoms with van der Waals surface area (Å²) in [5.74, 6) is 1.13. The largest absolute Gasteiger partial charge is 0.463 e. The average Bonchev–Trinajstić information content (AvgIpc) is 2.83. The minimum Gasteiger partial charge on any atom is -0.463 e. The van der Waals surface area contributed by atoms with Gasteiger partial charge in [-0.05, 0) is 31.4 Å². The number of hydrogen-bond acceptors (Lipinski definition) is 4. The Labute approximate surface area is 109 Å². The Kier molecular flexibility index (Phi) is 5.41. The molecule has 2 atom stereocenters. The number of hydrogen-bond donors (Lipinski definition) is 1. The Morgan fingerprint density at radius 2 is 2.06 bits per heavy atom. The summed E-state index contributed by atoms with van der Waals surface area (Å²) in [6, 6.07) is 3.98. The first-order valence-electron chi connectivity index (χ1n) is 6.43. The minimum atomic E-state index is -0.440. The van der Waals surface area contributed by atoms with Crippen molar-refractivity contribution in [3.63, 3.8) is 0 Å². The van der Waals surface area contributed by atoms with E-state index in [0.717, 1.165) is 12.2 Å². The van der Waals surface area contributed by atoms with Crippen molar-refractivity contribution in [2.45, 2.75) is 46.2 Å². The normalized spacial score (nSPS) is 14.6. The van der Waals surface area contributed by atoms with Crippen LogP contribution in [-0.4, -0.2) is 19.1 Å². The maximum absolute atomic E-state index is 11.3. The van der Waals surface area contributed by atoms with Gasteiger partial charge in [-0.1, -0.05) is 20.8 Å². The highest BCUT2D eigenvalue weighted by Crippen LogP contribution is 2.19. The Morgan fingerprint density at radius 3 is 2.56 bits per heavy atom. The number of furan rings is 1. The molecule has 0 amide bonds. The van der Waals surface area contributed by atoms with Crippen LogP contribution in [-0.2, 0) is 4.74 Å². The van der Waals surface area contributed by atoms with E-state index in [-0.39, 0.29) is 11.8 Å². The van der Waals surface area contributed by atoms with Gasteiger partial charge in [-0.15, -0.1) is 0 Å². The molecule has 0 aromatic carbocycles. The van der Waals surface area contributed by atoms with Crippen molar-refractivity contribution >= 4 is 5.97 Å². The van der Waals surface area contributed by atoms with E-state index in [9.17, 15) is 4.79 Å². The molecule has 0 saturated carbocycles. The third kappa shape index (κ3) is 3.60. The predicted octanol–water partition coefficient (Wildman–Crippen LogP) is 3.15. The van der Waals surface area contributed by atoms with Gasteiger partial charge < -0.3 is 14.5 Å². The summed E-state index contributed by atoms with van der Waals surface area (Å²) < 4.78 is 10.1. The van der Waals surface area contributed by atoms with Crippen molar-refractivity contribution in [2.75, 3.05) is 7.11 Å². The molecular formula is C14H23NO3. The second kappa shape index (κ2) is 6.59. The van der Waals surface area contributed by atoms with Crippen molar-refractivity contribution in [1.82, 2.24) is 5.32 Å². The summed E-state index contributed by atoms with van der Waals surface area (Å²) in [6.07, 6.45) is 1.06. The van der Waals surface area contributed by atoms with E-state index >= 15 is 0 Å². The highest BCUT2D eigenvalue weighted by Gasteiger charge is 2.19. The van der Waals surface area contributed by atoms with E-state index in [4.69, 9.17) is 4.42 Å². The zero-order valence-electron chi connectivity index (χ0n) is 11.8. The number of ether oxygens (including phenoxy) is 1. The summed E-state index contributed by atoms with van der Waals surface area (Å²) in [5.41, 5.74) is 0. The van der Waals surface area contributed by atoms with Crippen LogP contribution in [0.1, 0.15) is 56.5 Å². The topological polar surface area (TPSA) is 51.5 Å². The summed E-state index contributed by atoms with van der Waals surface area (Å²) in [6.45, 7) is 8.57. The maximum Gasteiger partial charge on any atom is 0.373 e. The van der Waals surface area contributed by atoms with Gasteiger partial charge in [0.2, 0.25) is 5.76 Å². The highest BCUT2D eigenvalue weighted by molar-refractivity contribution is 5.86. The number of carbonyl (C=O) groups excluding carboxylic acids is 1. The molecule has 1 heterocycles. The molecule has 1 rings (SSSR count). The lowest BCUT2D eigenvalue weighted by Crippen LogP contribution is -2.35. The van der Waals surface area contributed by atoms with E-state index in [1.807, 2.05) is 13.0 Å². The Bertz CT molecular complexity index is 384. The van der Waals surface area contributed by atoms with Gasteiger partial charge in [-0.3, -0.25) is 0 Å². The molecule has 0 bridgehead atoms. The van der Waals surface area contributed by atoms with Crippen LogP contribution in [0.5, 0.6) is 0 Å². The lowest BCUT2D eigenvalue weighted by molar-refractivity contribution is 0.0562. The van der Waals surface area contributed by atoms with Gasteiger partial charge in [0.15, 0.2) is 0 Å². The molecule has 0 aliphatic carbocycles. The SMILES string of the molecule is CCC(NC(C)c1ccc(C(=O)OC)o1)C(C)C. The van der Waals surface area contributed by atoms with Gasteiger partial charge in [0, 0.05) is 6.04 Å². The second-order valence-corrected chi connectivity index (χ2v) is 4.84. The zero-order chi connectivity index (χ0) is 13.7. The second-order valence-electron chi connectivity index (χ2n) is 4.84. The van der Waals surface area contributed by atoms with Gasteiger partial charge in [0.1, 0.15) is 5.76 Å². The molecule has 2 unspecified atom stereocenters. The predicted molar refractivity (Wildman–Crippen MR) is 70.5 cm³/mol. The number of methoxy groups -OCH3 is 1. The zero-order valence-corrected chi connectivity index (χ0v) is 11.8. The van der Waals surface area contributed by atoms with Crippen LogP contribution >= 0.6 is 0 Å².